The third kappa shape index (κ3) is 3.38. The van der Waals surface area contributed by atoms with Crippen LogP contribution in [0.2, 0.25) is 5.02 Å². The van der Waals surface area contributed by atoms with Crippen LogP contribution in [0.5, 0.6) is 5.75 Å². The molecule has 0 aromatic heterocycles. The molecule has 0 amide bonds. The Morgan fingerprint density at radius 2 is 2.06 bits per heavy atom. The van der Waals surface area contributed by atoms with E-state index in [9.17, 15) is 0 Å². The molecule has 0 radical (unpaired) electrons. The van der Waals surface area contributed by atoms with Crippen LogP contribution in [0.15, 0.2) is 18.2 Å². The molecule has 1 aromatic rings. The molecule has 1 aromatic carbocycles. The summed E-state index contributed by atoms with van der Waals surface area (Å²) in [5.74, 6) is 1.25. The number of hydrogen-bond acceptors (Lipinski definition) is 2. The number of nitriles is 1. The molecule has 17 heavy (non-hydrogen) atoms. The van der Waals surface area contributed by atoms with E-state index >= 15 is 0 Å². The number of rotatable bonds is 3. The van der Waals surface area contributed by atoms with Gasteiger partial charge in [-0.3, -0.25) is 0 Å². The van der Waals surface area contributed by atoms with Crippen molar-refractivity contribution in [2.24, 2.45) is 5.92 Å². The molecule has 0 atom stereocenters. The monoisotopic (exact) mass is 249 g/mol. The van der Waals surface area contributed by atoms with Gasteiger partial charge in [-0.25, -0.2) is 0 Å². The van der Waals surface area contributed by atoms with Crippen molar-refractivity contribution in [2.45, 2.75) is 32.1 Å². The lowest BCUT2D eigenvalue weighted by Crippen LogP contribution is -2.15. The van der Waals surface area contributed by atoms with E-state index in [1.54, 1.807) is 18.2 Å². The summed E-state index contributed by atoms with van der Waals surface area (Å²) in [5.41, 5.74) is 0.560. The van der Waals surface area contributed by atoms with Gasteiger partial charge in [-0.1, -0.05) is 30.9 Å². The maximum Gasteiger partial charge on any atom is 0.138 e. The second kappa shape index (κ2) is 5.93. The van der Waals surface area contributed by atoms with Crippen molar-refractivity contribution in [1.82, 2.24) is 0 Å². The molecule has 1 aliphatic carbocycles. The van der Waals surface area contributed by atoms with Gasteiger partial charge < -0.3 is 4.74 Å². The summed E-state index contributed by atoms with van der Waals surface area (Å²) in [6.07, 6.45) is 6.42. The highest BCUT2D eigenvalue weighted by Gasteiger charge is 2.15. The first-order chi connectivity index (χ1) is 8.29. The van der Waals surface area contributed by atoms with E-state index in [1.807, 2.05) is 0 Å². The van der Waals surface area contributed by atoms with Gasteiger partial charge in [0.1, 0.15) is 11.8 Å². The number of halogens is 1. The highest BCUT2D eigenvalue weighted by Crippen LogP contribution is 2.27. The Morgan fingerprint density at radius 3 is 2.76 bits per heavy atom. The minimum absolute atomic E-state index is 0.560. The first-order valence-electron chi connectivity index (χ1n) is 6.12. The van der Waals surface area contributed by atoms with E-state index in [1.165, 1.54) is 32.1 Å². The molecule has 1 fully saturated rings. The van der Waals surface area contributed by atoms with E-state index in [2.05, 4.69) is 6.07 Å². The lowest BCUT2D eigenvalue weighted by Gasteiger charge is -2.21. The van der Waals surface area contributed by atoms with E-state index in [0.29, 0.717) is 28.9 Å². The zero-order valence-electron chi connectivity index (χ0n) is 9.79. The van der Waals surface area contributed by atoms with Crippen molar-refractivity contribution >= 4 is 11.6 Å². The van der Waals surface area contributed by atoms with Crippen molar-refractivity contribution in [3.8, 4) is 11.8 Å². The maximum absolute atomic E-state index is 8.97. The first kappa shape index (κ1) is 12.3. The molecule has 0 spiro atoms. The normalized spacial score (nSPS) is 16.5. The van der Waals surface area contributed by atoms with Crippen LogP contribution in [-0.2, 0) is 0 Å². The second-order valence-corrected chi connectivity index (χ2v) is 5.00. The Hall–Kier alpha value is -1.20. The van der Waals surface area contributed by atoms with E-state index in [4.69, 9.17) is 21.6 Å². The smallest absolute Gasteiger partial charge is 0.138 e. The fraction of sp³-hybridized carbons (Fsp3) is 0.500. The molecule has 1 saturated carbocycles. The molecule has 0 bridgehead atoms. The predicted octanol–water partition coefficient (Wildman–Crippen LogP) is 4.17. The van der Waals surface area contributed by atoms with Gasteiger partial charge in [0.05, 0.1) is 12.2 Å². The van der Waals surface area contributed by atoms with Crippen molar-refractivity contribution in [3.05, 3.63) is 28.8 Å². The number of hydrogen-bond donors (Lipinski definition) is 0. The second-order valence-electron chi connectivity index (χ2n) is 4.57. The van der Waals surface area contributed by atoms with Crippen LogP contribution in [0.3, 0.4) is 0 Å². The Balaban J connectivity index is 1.98. The topological polar surface area (TPSA) is 33.0 Å². The van der Waals surface area contributed by atoms with Gasteiger partial charge in [-0.2, -0.15) is 5.26 Å². The molecule has 0 unspecified atom stereocenters. The van der Waals surface area contributed by atoms with Crippen molar-refractivity contribution in [1.29, 1.82) is 5.26 Å². The molecule has 1 aliphatic rings. The molecule has 0 saturated heterocycles. The minimum atomic E-state index is 0.560. The summed E-state index contributed by atoms with van der Waals surface area (Å²) in [5, 5.41) is 9.59. The van der Waals surface area contributed by atoms with E-state index < -0.39 is 0 Å². The molecule has 2 nitrogen and oxygen atoms in total. The quantitative estimate of drug-likeness (QED) is 0.805. The third-order valence-corrected chi connectivity index (χ3v) is 3.50. The van der Waals surface area contributed by atoms with Gasteiger partial charge in [0, 0.05) is 11.1 Å². The molecular formula is C14H16ClNO. The lowest BCUT2D eigenvalue weighted by atomic mass is 9.90. The Bertz CT molecular complexity index is 419. The van der Waals surface area contributed by atoms with Crippen LogP contribution < -0.4 is 4.74 Å². The van der Waals surface area contributed by atoms with Crippen LogP contribution >= 0.6 is 11.6 Å². The summed E-state index contributed by atoms with van der Waals surface area (Å²) in [7, 11) is 0. The van der Waals surface area contributed by atoms with Crippen molar-refractivity contribution < 1.29 is 4.74 Å². The molecule has 90 valence electrons. The standard InChI is InChI=1S/C14H16ClNO/c15-13-7-6-12(9-16)14(8-13)17-10-11-4-2-1-3-5-11/h6-8,11H,1-5,10H2. The lowest BCUT2D eigenvalue weighted by molar-refractivity contribution is 0.208. The number of nitrogens with zero attached hydrogens (tertiary/aromatic N) is 1. The molecular weight excluding hydrogens is 234 g/mol. The minimum Gasteiger partial charge on any atom is -0.492 e. The highest BCUT2D eigenvalue weighted by molar-refractivity contribution is 6.30. The average molecular weight is 250 g/mol. The summed E-state index contributed by atoms with van der Waals surface area (Å²) in [6.45, 7) is 0.703. The van der Waals surface area contributed by atoms with Crippen LogP contribution in [0.25, 0.3) is 0 Å². The zero-order chi connectivity index (χ0) is 12.1. The average Bonchev–Trinajstić information content (AvgIpc) is 2.38. The maximum atomic E-state index is 8.97. The van der Waals surface area contributed by atoms with Crippen LogP contribution in [0, 0.1) is 17.2 Å². The van der Waals surface area contributed by atoms with Gasteiger partial charge in [-0.15, -0.1) is 0 Å². The molecule has 2 rings (SSSR count). The van der Waals surface area contributed by atoms with Gasteiger partial charge in [0.2, 0.25) is 0 Å². The molecule has 3 heteroatoms. The number of ether oxygens (including phenoxy) is 1. The van der Waals surface area contributed by atoms with E-state index in [0.717, 1.165) is 0 Å². The fourth-order valence-corrected chi connectivity index (χ4v) is 2.43. The zero-order valence-corrected chi connectivity index (χ0v) is 10.5. The largest absolute Gasteiger partial charge is 0.492 e. The van der Waals surface area contributed by atoms with Gasteiger partial charge in [-0.05, 0) is 30.9 Å². The third-order valence-electron chi connectivity index (χ3n) is 3.26. The first-order valence-corrected chi connectivity index (χ1v) is 6.50. The summed E-state index contributed by atoms with van der Waals surface area (Å²) in [4.78, 5) is 0. The molecule has 0 aliphatic heterocycles. The summed E-state index contributed by atoms with van der Waals surface area (Å²) >= 11 is 5.91. The van der Waals surface area contributed by atoms with Crippen LogP contribution in [0.4, 0.5) is 0 Å². The molecule has 0 heterocycles. The predicted molar refractivity (Wildman–Crippen MR) is 68.2 cm³/mol. The Labute approximate surface area is 107 Å². The van der Waals surface area contributed by atoms with Gasteiger partial charge >= 0.3 is 0 Å². The Kier molecular flexibility index (Phi) is 4.28. The Morgan fingerprint density at radius 1 is 1.29 bits per heavy atom. The SMILES string of the molecule is N#Cc1ccc(Cl)cc1OCC1CCCCC1. The van der Waals surface area contributed by atoms with Crippen LogP contribution in [-0.4, -0.2) is 6.61 Å². The molecule has 0 N–H and O–H groups in total. The van der Waals surface area contributed by atoms with Gasteiger partial charge in [0.25, 0.3) is 0 Å². The van der Waals surface area contributed by atoms with Crippen molar-refractivity contribution in [2.75, 3.05) is 6.61 Å². The fourth-order valence-electron chi connectivity index (χ4n) is 2.27. The highest BCUT2D eigenvalue weighted by atomic mass is 35.5. The number of benzene rings is 1. The van der Waals surface area contributed by atoms with Crippen LogP contribution in [0.1, 0.15) is 37.7 Å². The summed E-state index contributed by atoms with van der Waals surface area (Å²) in [6, 6.07) is 7.27. The van der Waals surface area contributed by atoms with Crippen molar-refractivity contribution in [3.63, 3.8) is 0 Å². The van der Waals surface area contributed by atoms with Gasteiger partial charge in [0.15, 0.2) is 0 Å². The summed E-state index contributed by atoms with van der Waals surface area (Å²) < 4.78 is 5.74. The van der Waals surface area contributed by atoms with E-state index in [-0.39, 0.29) is 0 Å².